The van der Waals surface area contributed by atoms with E-state index in [1.54, 1.807) is 48.5 Å². The molecule has 3 aromatic carbocycles. The van der Waals surface area contributed by atoms with Crippen LogP contribution in [0.15, 0.2) is 84.9 Å². The molecule has 1 N–H and O–H groups in total. The van der Waals surface area contributed by atoms with E-state index in [0.717, 1.165) is 74.4 Å². The first-order valence-corrected chi connectivity index (χ1v) is 23.1. The zero-order valence-corrected chi connectivity index (χ0v) is 38.5. The number of likely N-dealkylation sites (tertiary alicyclic amines) is 2. The molecular weight excluding hydrogens is 809 g/mol. The number of amides is 1. The number of aromatic nitrogens is 2. The highest BCUT2D eigenvalue weighted by Gasteiger charge is 2.40. The Hall–Kier alpha value is -5.46. The Bertz CT molecular complexity index is 2210. The summed E-state index contributed by atoms with van der Waals surface area (Å²) in [5, 5.41) is 7.85. The Balaban J connectivity index is 0.961. The molecule has 12 nitrogen and oxygen atoms in total. The number of rotatable bonds is 14. The molecule has 3 unspecified atom stereocenters. The lowest BCUT2D eigenvalue weighted by molar-refractivity contribution is -0.186. The molecule has 3 aliphatic rings. The van der Waals surface area contributed by atoms with Gasteiger partial charge in [0, 0.05) is 56.7 Å². The summed E-state index contributed by atoms with van der Waals surface area (Å²) in [6.45, 7) is 16.9. The van der Waals surface area contributed by atoms with Gasteiger partial charge in [0.1, 0.15) is 18.3 Å². The number of H-pyrrole nitrogens is 1. The number of benzene rings is 3. The minimum absolute atomic E-state index is 0.0335. The standard InChI is InChI=1S/C52H66N4O8/c1-36(2)46-44(31-41-22-21-38(30-37(41)3)16-13-14-26-55-27-15-23-52(35-55)24-28-56(29-25-52)50(59)64-51(4,5)6)47(54-53-46)63-45-33-42(62-49(58)40-19-11-8-12-20-40)32-43(61-45)34-60-48(57)39-17-9-7-10-18-39/h7-13,16-22,30,36,42-43,45H,14-15,23-29,31-35H2,1-6H3,(H,53,54). The second-order valence-corrected chi connectivity index (χ2v) is 19.1. The van der Waals surface area contributed by atoms with Crippen molar-refractivity contribution in [2.45, 2.75) is 123 Å². The lowest BCUT2D eigenvalue weighted by atomic mass is 9.72. The van der Waals surface area contributed by atoms with Gasteiger partial charge in [0.05, 0.1) is 17.2 Å². The second kappa shape index (κ2) is 21.0. The predicted octanol–water partition coefficient (Wildman–Crippen LogP) is 9.92. The summed E-state index contributed by atoms with van der Waals surface area (Å²) in [7, 11) is 0. The van der Waals surface area contributed by atoms with Gasteiger partial charge in [0.25, 0.3) is 0 Å². The number of aromatic amines is 1. The van der Waals surface area contributed by atoms with Gasteiger partial charge in [-0.1, -0.05) is 80.6 Å². The number of carbonyl (C=O) groups excluding carboxylic acids is 3. The third kappa shape index (κ3) is 12.6. The van der Waals surface area contributed by atoms with Crippen molar-refractivity contribution in [2.24, 2.45) is 5.41 Å². The Kier molecular flexibility index (Phi) is 15.3. The third-order valence-electron chi connectivity index (χ3n) is 12.6. The summed E-state index contributed by atoms with van der Waals surface area (Å²) >= 11 is 0. The maximum absolute atomic E-state index is 13.1. The molecule has 1 amide bonds. The van der Waals surface area contributed by atoms with Gasteiger partial charge >= 0.3 is 18.0 Å². The maximum Gasteiger partial charge on any atom is 0.410 e. The number of nitrogens with zero attached hydrogens (tertiary/aromatic N) is 3. The van der Waals surface area contributed by atoms with Gasteiger partial charge in [-0.15, -0.1) is 5.10 Å². The van der Waals surface area contributed by atoms with Crippen LogP contribution in [0, 0.1) is 12.3 Å². The molecule has 0 aliphatic carbocycles. The minimum atomic E-state index is -0.814. The molecule has 1 aromatic heterocycles. The monoisotopic (exact) mass is 874 g/mol. The number of nitrogens with one attached hydrogen (secondary N) is 1. The summed E-state index contributed by atoms with van der Waals surface area (Å²) in [5.41, 5.74) is 6.10. The van der Waals surface area contributed by atoms with E-state index in [0.29, 0.717) is 29.8 Å². The number of carbonyl (C=O) groups is 3. The van der Waals surface area contributed by atoms with Crippen LogP contribution in [0.25, 0.3) is 6.08 Å². The molecule has 4 heterocycles. The van der Waals surface area contributed by atoms with Crippen LogP contribution in [0.1, 0.15) is 134 Å². The molecule has 0 saturated carbocycles. The van der Waals surface area contributed by atoms with Gasteiger partial charge in [0.15, 0.2) is 0 Å². The van der Waals surface area contributed by atoms with E-state index in [1.165, 1.54) is 18.4 Å². The van der Waals surface area contributed by atoms with Crippen molar-refractivity contribution in [1.29, 1.82) is 0 Å². The lowest BCUT2D eigenvalue weighted by Gasteiger charge is -2.47. The highest BCUT2D eigenvalue weighted by Crippen LogP contribution is 2.40. The zero-order valence-electron chi connectivity index (χ0n) is 38.5. The number of esters is 2. The smallest absolute Gasteiger partial charge is 0.410 e. The van der Waals surface area contributed by atoms with Crippen molar-refractivity contribution in [3.63, 3.8) is 0 Å². The van der Waals surface area contributed by atoms with E-state index in [2.05, 4.69) is 66.2 Å². The van der Waals surface area contributed by atoms with Crippen LogP contribution >= 0.6 is 0 Å². The number of aryl methyl sites for hydroxylation is 1. The molecule has 12 heteroatoms. The third-order valence-corrected chi connectivity index (χ3v) is 12.6. The Labute approximate surface area is 378 Å². The lowest BCUT2D eigenvalue weighted by Crippen LogP contribution is -2.51. The highest BCUT2D eigenvalue weighted by molar-refractivity contribution is 5.89. The predicted molar refractivity (Wildman–Crippen MR) is 246 cm³/mol. The van der Waals surface area contributed by atoms with Crippen molar-refractivity contribution in [3.8, 4) is 5.88 Å². The molecule has 7 rings (SSSR count). The van der Waals surface area contributed by atoms with E-state index in [1.807, 2.05) is 37.8 Å². The summed E-state index contributed by atoms with van der Waals surface area (Å²) in [5.74, 6) is -0.313. The fraction of sp³-hybridized carbons (Fsp3) is 0.500. The molecule has 0 radical (unpaired) electrons. The van der Waals surface area contributed by atoms with Crippen LogP contribution in [0.2, 0.25) is 0 Å². The SMILES string of the molecule is Cc1cc(C=CCCN2CCCC3(CCN(C(=O)OC(C)(C)C)CC3)C2)ccc1Cc1c(OC2CC(OC(=O)c3ccccc3)CC(COC(=O)c3ccccc3)O2)n[nH]c1C(C)C. The number of ether oxygens (including phenoxy) is 5. The average molecular weight is 875 g/mol. The topological polar surface area (TPSA) is 133 Å². The van der Waals surface area contributed by atoms with Gasteiger partial charge in [-0.3, -0.25) is 5.10 Å². The molecular formula is C52H66N4O8. The fourth-order valence-electron chi connectivity index (χ4n) is 9.15. The van der Waals surface area contributed by atoms with Crippen molar-refractivity contribution in [1.82, 2.24) is 20.0 Å². The van der Waals surface area contributed by atoms with E-state index < -0.39 is 36.0 Å². The van der Waals surface area contributed by atoms with Crippen molar-refractivity contribution < 1.29 is 38.1 Å². The highest BCUT2D eigenvalue weighted by atomic mass is 16.7. The van der Waals surface area contributed by atoms with Gasteiger partial charge in [0.2, 0.25) is 12.2 Å². The number of hydrogen-bond donors (Lipinski definition) is 1. The van der Waals surface area contributed by atoms with Gasteiger partial charge < -0.3 is 33.5 Å². The minimum Gasteiger partial charge on any atom is -0.459 e. The van der Waals surface area contributed by atoms with Crippen molar-refractivity contribution >= 4 is 24.1 Å². The summed E-state index contributed by atoms with van der Waals surface area (Å²) < 4.78 is 30.2. The molecule has 342 valence electrons. The summed E-state index contributed by atoms with van der Waals surface area (Å²) in [4.78, 5) is 43.1. The van der Waals surface area contributed by atoms with Crippen molar-refractivity contribution in [3.05, 3.63) is 124 Å². The fourth-order valence-corrected chi connectivity index (χ4v) is 9.15. The molecule has 3 fully saturated rings. The molecule has 0 bridgehead atoms. The van der Waals surface area contributed by atoms with E-state index in [9.17, 15) is 14.4 Å². The van der Waals surface area contributed by atoms with Gasteiger partial charge in [-0.05, 0) is 119 Å². The summed E-state index contributed by atoms with van der Waals surface area (Å²) in [6, 6.07) is 24.3. The van der Waals surface area contributed by atoms with E-state index in [4.69, 9.17) is 23.7 Å². The van der Waals surface area contributed by atoms with Crippen LogP contribution < -0.4 is 4.74 Å². The van der Waals surface area contributed by atoms with Gasteiger partial charge in [-0.2, -0.15) is 0 Å². The van der Waals surface area contributed by atoms with Gasteiger partial charge in [-0.25, -0.2) is 14.4 Å². The Morgan fingerprint density at radius 2 is 1.62 bits per heavy atom. The first kappa shape index (κ1) is 46.5. The van der Waals surface area contributed by atoms with Crippen LogP contribution in [-0.2, 0) is 25.4 Å². The Morgan fingerprint density at radius 3 is 2.30 bits per heavy atom. The second-order valence-electron chi connectivity index (χ2n) is 19.1. The average Bonchev–Trinajstić information content (AvgIpc) is 3.67. The molecule has 64 heavy (non-hydrogen) atoms. The van der Waals surface area contributed by atoms with Crippen LogP contribution in [0.5, 0.6) is 5.88 Å². The molecule has 3 atom stereocenters. The molecule has 3 aliphatic heterocycles. The zero-order chi connectivity index (χ0) is 45.3. The Morgan fingerprint density at radius 1 is 0.922 bits per heavy atom. The molecule has 1 spiro atoms. The van der Waals surface area contributed by atoms with Crippen LogP contribution in [-0.4, -0.2) is 101 Å². The van der Waals surface area contributed by atoms with Crippen LogP contribution in [0.4, 0.5) is 4.79 Å². The van der Waals surface area contributed by atoms with E-state index in [-0.39, 0.29) is 30.5 Å². The first-order chi connectivity index (χ1) is 30.7. The normalized spacial score (nSPS) is 20.4. The molecule has 3 saturated heterocycles. The number of hydrogen-bond acceptors (Lipinski definition) is 10. The number of piperidine rings is 2. The summed E-state index contributed by atoms with van der Waals surface area (Å²) in [6.07, 6.45) is 9.04. The van der Waals surface area contributed by atoms with Crippen molar-refractivity contribution in [2.75, 3.05) is 39.3 Å². The first-order valence-electron chi connectivity index (χ1n) is 23.1. The van der Waals surface area contributed by atoms with E-state index >= 15 is 0 Å². The molecule has 4 aromatic rings. The largest absolute Gasteiger partial charge is 0.459 e. The van der Waals surface area contributed by atoms with Crippen LogP contribution in [0.3, 0.4) is 0 Å². The maximum atomic E-state index is 13.1. The quantitative estimate of drug-likeness (QED) is 0.0965.